The third-order valence-electron chi connectivity index (χ3n) is 8.74. The van der Waals surface area contributed by atoms with Crippen molar-refractivity contribution in [2.45, 2.75) is 65.1 Å². The number of fused-ring (bicyclic) bond motifs is 1. The molecule has 210 valence electrons. The highest BCUT2D eigenvalue weighted by Crippen LogP contribution is 2.46. The van der Waals surface area contributed by atoms with Gasteiger partial charge >= 0.3 is 0 Å². The number of aromatic nitrogens is 2. The maximum absolute atomic E-state index is 9.94. The van der Waals surface area contributed by atoms with E-state index in [0.29, 0.717) is 29.2 Å². The first-order chi connectivity index (χ1) is 18.9. The van der Waals surface area contributed by atoms with Crippen LogP contribution in [-0.2, 0) is 13.0 Å². The molecular formula is C31H39N7O2. The molecule has 0 amide bonds. The summed E-state index contributed by atoms with van der Waals surface area (Å²) in [6, 6.07) is 12.8. The summed E-state index contributed by atoms with van der Waals surface area (Å²) in [7, 11) is 0. The van der Waals surface area contributed by atoms with Crippen molar-refractivity contribution < 1.29 is 10.2 Å². The predicted molar refractivity (Wildman–Crippen MR) is 162 cm³/mol. The Morgan fingerprint density at radius 1 is 1.15 bits per heavy atom. The van der Waals surface area contributed by atoms with Gasteiger partial charge in [0, 0.05) is 34.4 Å². The van der Waals surface area contributed by atoms with Crippen molar-refractivity contribution in [1.29, 1.82) is 0 Å². The van der Waals surface area contributed by atoms with Gasteiger partial charge in [-0.25, -0.2) is 9.51 Å². The van der Waals surface area contributed by atoms with Gasteiger partial charge in [0.15, 0.2) is 0 Å². The summed E-state index contributed by atoms with van der Waals surface area (Å²) in [4.78, 5) is 4.77. The highest BCUT2D eigenvalue weighted by Gasteiger charge is 2.49. The Hall–Kier alpha value is -4.08. The van der Waals surface area contributed by atoms with E-state index in [4.69, 9.17) is 22.2 Å². The summed E-state index contributed by atoms with van der Waals surface area (Å²) in [5, 5.41) is 28.1. The van der Waals surface area contributed by atoms with E-state index >= 15 is 0 Å². The molecule has 1 saturated carbocycles. The third-order valence-corrected chi connectivity index (χ3v) is 8.74. The molecule has 9 nitrogen and oxygen atoms in total. The minimum absolute atomic E-state index is 0.0897. The number of aliphatic hydroxyl groups is 1. The van der Waals surface area contributed by atoms with Gasteiger partial charge < -0.3 is 32.7 Å². The van der Waals surface area contributed by atoms with Crippen LogP contribution in [0.5, 0.6) is 5.75 Å². The number of anilines is 2. The first-order valence-electron chi connectivity index (χ1n) is 13.7. The van der Waals surface area contributed by atoms with E-state index in [1.165, 1.54) is 0 Å². The lowest BCUT2D eigenvalue weighted by Crippen LogP contribution is -2.51. The fourth-order valence-electron chi connectivity index (χ4n) is 5.64. The number of hydrogen-bond donors (Lipinski definition) is 6. The quantitative estimate of drug-likeness (QED) is 0.112. The molecule has 9 N–H and O–H groups in total. The molecule has 5 rings (SSSR count). The molecule has 0 bridgehead atoms. The molecule has 0 unspecified atom stereocenters. The Balaban J connectivity index is 1.67. The van der Waals surface area contributed by atoms with Crippen LogP contribution in [0.1, 0.15) is 57.2 Å². The molecule has 0 spiro atoms. The molecule has 1 aliphatic rings. The Bertz CT molecular complexity index is 1600. The van der Waals surface area contributed by atoms with Crippen molar-refractivity contribution in [3.63, 3.8) is 0 Å². The van der Waals surface area contributed by atoms with E-state index < -0.39 is 0 Å². The highest BCUT2D eigenvalue weighted by atomic mass is 16.3. The molecule has 1 fully saturated rings. The first kappa shape index (κ1) is 27.5. The normalized spacial score (nSPS) is 20.8. The zero-order valence-electron chi connectivity index (χ0n) is 23.6. The fraction of sp³-hybridized carbons (Fsp3) is 0.355. The summed E-state index contributed by atoms with van der Waals surface area (Å²) >= 11 is 0. The van der Waals surface area contributed by atoms with Crippen LogP contribution in [0.3, 0.4) is 0 Å². The van der Waals surface area contributed by atoms with Crippen LogP contribution in [0, 0.1) is 5.41 Å². The van der Waals surface area contributed by atoms with E-state index in [1.54, 1.807) is 30.5 Å². The van der Waals surface area contributed by atoms with Crippen LogP contribution in [0.25, 0.3) is 16.6 Å². The number of benzene rings is 2. The third kappa shape index (κ3) is 4.87. The van der Waals surface area contributed by atoms with Gasteiger partial charge in [0.25, 0.3) is 0 Å². The number of hydrogen-bond acceptors (Lipinski definition) is 7. The number of aryl methyl sites for hydroxylation is 1. The lowest BCUT2D eigenvalue weighted by atomic mass is 9.75. The fourth-order valence-corrected chi connectivity index (χ4v) is 5.64. The van der Waals surface area contributed by atoms with Crippen molar-refractivity contribution in [3.8, 4) is 16.9 Å². The Kier molecular flexibility index (Phi) is 6.97. The molecule has 9 heteroatoms. The first-order valence-corrected chi connectivity index (χ1v) is 13.7. The van der Waals surface area contributed by atoms with Gasteiger partial charge in [-0.15, -0.1) is 0 Å². The number of aliphatic hydroxyl groups excluding tert-OH is 1. The van der Waals surface area contributed by atoms with Crippen LogP contribution in [0.2, 0.25) is 0 Å². The molecular weight excluding hydrogens is 502 g/mol. The van der Waals surface area contributed by atoms with E-state index in [-0.39, 0.29) is 29.4 Å². The number of aliphatic imine (C=N–C) groups is 1. The monoisotopic (exact) mass is 541 g/mol. The van der Waals surface area contributed by atoms with Crippen LogP contribution in [0.15, 0.2) is 59.9 Å². The van der Waals surface area contributed by atoms with Gasteiger partial charge in [0.1, 0.15) is 11.6 Å². The maximum Gasteiger partial charge on any atom is 0.135 e. The number of nitrogen functional groups attached to an aromatic ring is 1. The summed E-state index contributed by atoms with van der Waals surface area (Å²) in [5.74, 6) is 0.512. The van der Waals surface area contributed by atoms with Crippen LogP contribution in [0.4, 0.5) is 17.1 Å². The van der Waals surface area contributed by atoms with Gasteiger partial charge in [-0.2, -0.15) is 5.10 Å². The zero-order chi connectivity index (χ0) is 28.8. The highest BCUT2D eigenvalue weighted by molar-refractivity contribution is 6.06. The minimum Gasteiger partial charge on any atom is -0.508 e. The number of rotatable bonds is 7. The molecule has 2 aromatic carbocycles. The van der Waals surface area contributed by atoms with Crippen molar-refractivity contribution in [1.82, 2.24) is 9.61 Å². The molecule has 2 atom stereocenters. The molecule has 0 saturated heterocycles. The zero-order valence-corrected chi connectivity index (χ0v) is 23.6. The molecule has 1 aliphatic carbocycles. The topological polar surface area (TPSA) is 160 Å². The standard InChI is InChI=1S/C31H39N7O2/c1-5-19-13-23(40)6-7-25(19)36-29(33)24-15-35-38-16-21(20-10-18(17-39)11-22(32)12-20)14-26(38)28(24)37-27-8-9-31(4,34)30(27,2)3/h6-7,10-16,27,37,39-40H,5,8-9,17,32,34H2,1-4H3,(H2,33,36)/t27-,31+/m1/s1. The second kappa shape index (κ2) is 10.1. The summed E-state index contributed by atoms with van der Waals surface area (Å²) in [6.45, 7) is 8.42. The number of phenols is 1. The molecule has 4 aromatic rings. The number of phenolic OH excluding ortho intramolecular Hbond substituents is 1. The second-order valence-electron chi connectivity index (χ2n) is 11.7. The van der Waals surface area contributed by atoms with E-state index in [1.807, 2.05) is 35.8 Å². The van der Waals surface area contributed by atoms with Gasteiger partial charge in [0.2, 0.25) is 0 Å². The van der Waals surface area contributed by atoms with Gasteiger partial charge in [-0.3, -0.25) is 0 Å². The van der Waals surface area contributed by atoms with Crippen LogP contribution < -0.4 is 22.5 Å². The average Bonchev–Trinajstić information content (AvgIpc) is 3.43. The van der Waals surface area contributed by atoms with E-state index in [2.05, 4.69) is 31.2 Å². The number of nitrogens with one attached hydrogen (secondary N) is 1. The molecule has 0 radical (unpaired) electrons. The summed E-state index contributed by atoms with van der Waals surface area (Å²) in [5.41, 5.74) is 26.0. The van der Waals surface area contributed by atoms with Gasteiger partial charge in [-0.1, -0.05) is 20.8 Å². The SMILES string of the molecule is CCc1cc(O)ccc1N=C(N)c1cnn2cc(-c3cc(N)cc(CO)c3)cc2c1N[C@@H]1CC[C@](C)(N)C1(C)C. The van der Waals surface area contributed by atoms with Crippen LogP contribution in [-0.4, -0.2) is 37.2 Å². The molecule has 40 heavy (non-hydrogen) atoms. The second-order valence-corrected chi connectivity index (χ2v) is 11.7. The van der Waals surface area contributed by atoms with E-state index in [0.717, 1.165) is 46.3 Å². The Morgan fingerprint density at radius 2 is 1.93 bits per heavy atom. The lowest BCUT2D eigenvalue weighted by molar-refractivity contribution is 0.215. The summed E-state index contributed by atoms with van der Waals surface area (Å²) in [6.07, 6.45) is 6.17. The predicted octanol–water partition coefficient (Wildman–Crippen LogP) is 4.70. The lowest BCUT2D eigenvalue weighted by Gasteiger charge is -2.39. The van der Waals surface area contributed by atoms with Gasteiger partial charge in [0.05, 0.1) is 35.3 Å². The minimum atomic E-state index is -0.328. The number of aromatic hydroxyl groups is 1. The van der Waals surface area contributed by atoms with Crippen molar-refractivity contribution in [2.75, 3.05) is 11.1 Å². The number of nitrogens with zero attached hydrogens (tertiary/aromatic N) is 3. The molecule has 0 aliphatic heterocycles. The van der Waals surface area contributed by atoms with Crippen LogP contribution >= 0.6 is 0 Å². The van der Waals surface area contributed by atoms with Crippen molar-refractivity contribution >= 4 is 28.4 Å². The Morgan fingerprint density at radius 3 is 2.60 bits per heavy atom. The van der Waals surface area contributed by atoms with E-state index in [9.17, 15) is 10.2 Å². The molecule has 2 aromatic heterocycles. The summed E-state index contributed by atoms with van der Waals surface area (Å²) < 4.78 is 1.82. The van der Waals surface area contributed by atoms with Crippen molar-refractivity contribution in [3.05, 3.63) is 71.5 Å². The number of amidine groups is 1. The molecule has 2 heterocycles. The smallest absolute Gasteiger partial charge is 0.135 e. The van der Waals surface area contributed by atoms with Crippen molar-refractivity contribution in [2.24, 2.45) is 21.9 Å². The Labute approximate surface area is 234 Å². The van der Waals surface area contributed by atoms with Gasteiger partial charge in [-0.05, 0) is 85.3 Å². The average molecular weight is 542 g/mol. The maximum atomic E-state index is 9.94. The number of nitrogens with two attached hydrogens (primary N) is 3. The largest absolute Gasteiger partial charge is 0.508 e.